The minimum Gasteiger partial charge on any atom is -0.0622 e. The SMILES string of the molecule is CC(=Cc1cc(C)c(C=C(C)c2ccccc2)cc1C)c1ccccc1. The van der Waals surface area contributed by atoms with Crippen LogP contribution in [0.2, 0.25) is 0 Å². The molecule has 0 radical (unpaired) electrons. The maximum absolute atomic E-state index is 2.30. The van der Waals surface area contributed by atoms with Crippen molar-refractivity contribution in [3.8, 4) is 0 Å². The van der Waals surface area contributed by atoms with Crippen LogP contribution in [-0.2, 0) is 0 Å². The predicted molar refractivity (Wildman–Crippen MR) is 116 cm³/mol. The van der Waals surface area contributed by atoms with E-state index in [1.165, 1.54) is 44.5 Å². The van der Waals surface area contributed by atoms with Gasteiger partial charge in [0.2, 0.25) is 0 Å². The molecule has 0 unspecified atom stereocenters. The molecule has 26 heavy (non-hydrogen) atoms. The zero-order valence-electron chi connectivity index (χ0n) is 16.1. The van der Waals surface area contributed by atoms with Gasteiger partial charge in [-0.25, -0.2) is 0 Å². The van der Waals surface area contributed by atoms with E-state index in [-0.39, 0.29) is 0 Å². The van der Waals surface area contributed by atoms with Gasteiger partial charge in [0.15, 0.2) is 0 Å². The molecule has 0 spiro atoms. The van der Waals surface area contributed by atoms with Crippen molar-refractivity contribution < 1.29 is 0 Å². The molecule has 0 heteroatoms. The van der Waals surface area contributed by atoms with E-state index in [2.05, 4.69) is 113 Å². The van der Waals surface area contributed by atoms with E-state index in [1.54, 1.807) is 0 Å². The zero-order valence-corrected chi connectivity index (χ0v) is 16.1. The van der Waals surface area contributed by atoms with Gasteiger partial charge in [0.1, 0.15) is 0 Å². The fourth-order valence-electron chi connectivity index (χ4n) is 3.21. The molecule has 3 rings (SSSR count). The van der Waals surface area contributed by atoms with Gasteiger partial charge in [-0.3, -0.25) is 0 Å². The van der Waals surface area contributed by atoms with Crippen molar-refractivity contribution in [1.82, 2.24) is 0 Å². The minimum atomic E-state index is 1.27. The lowest BCUT2D eigenvalue weighted by molar-refractivity contribution is 1.35. The van der Waals surface area contributed by atoms with Crippen molar-refractivity contribution in [2.24, 2.45) is 0 Å². The standard InChI is InChI=1S/C26H26/c1-19(23-11-7-5-8-12-23)15-25-17-22(4)26(18-21(25)3)16-20(2)24-13-9-6-10-14-24/h5-18H,1-4H3. The Kier molecular flexibility index (Phi) is 5.53. The molecule has 0 aliphatic carbocycles. The number of rotatable bonds is 4. The Morgan fingerprint density at radius 3 is 1.27 bits per heavy atom. The van der Waals surface area contributed by atoms with Crippen LogP contribution in [0.1, 0.15) is 47.2 Å². The molecule has 0 nitrogen and oxygen atoms in total. The summed E-state index contributed by atoms with van der Waals surface area (Å²) in [6.07, 6.45) is 4.57. The molecule has 3 aromatic rings. The molecule has 0 heterocycles. The van der Waals surface area contributed by atoms with Gasteiger partial charge in [-0.05, 0) is 72.2 Å². The monoisotopic (exact) mass is 338 g/mol. The van der Waals surface area contributed by atoms with E-state index >= 15 is 0 Å². The van der Waals surface area contributed by atoms with Crippen molar-refractivity contribution in [3.63, 3.8) is 0 Å². The smallest absolute Gasteiger partial charge is 0.0221 e. The summed E-state index contributed by atoms with van der Waals surface area (Å²) >= 11 is 0. The molecular formula is C26H26. The van der Waals surface area contributed by atoms with E-state index in [0.29, 0.717) is 0 Å². The lowest BCUT2D eigenvalue weighted by Gasteiger charge is -2.10. The second-order valence-electron chi connectivity index (χ2n) is 6.95. The third-order valence-electron chi connectivity index (χ3n) is 4.86. The Morgan fingerprint density at radius 2 is 0.923 bits per heavy atom. The maximum atomic E-state index is 2.30. The molecule has 3 aromatic carbocycles. The Morgan fingerprint density at radius 1 is 0.577 bits per heavy atom. The predicted octanol–water partition coefficient (Wildman–Crippen LogP) is 7.42. The highest BCUT2D eigenvalue weighted by molar-refractivity contribution is 5.84. The molecule has 0 aromatic heterocycles. The Labute approximate surface area is 157 Å². The van der Waals surface area contributed by atoms with Crippen molar-refractivity contribution in [2.45, 2.75) is 27.7 Å². The fraction of sp³-hybridized carbons (Fsp3) is 0.154. The Balaban J connectivity index is 1.94. The second-order valence-corrected chi connectivity index (χ2v) is 6.95. The average Bonchev–Trinajstić information content (AvgIpc) is 2.67. The number of benzene rings is 3. The van der Waals surface area contributed by atoms with Crippen LogP contribution in [0.3, 0.4) is 0 Å². The molecule has 0 bridgehead atoms. The molecule has 0 atom stereocenters. The van der Waals surface area contributed by atoms with E-state index in [1.807, 2.05) is 0 Å². The van der Waals surface area contributed by atoms with Gasteiger partial charge < -0.3 is 0 Å². The van der Waals surface area contributed by atoms with Crippen molar-refractivity contribution >= 4 is 23.3 Å². The van der Waals surface area contributed by atoms with Crippen molar-refractivity contribution in [3.05, 3.63) is 106 Å². The summed E-state index contributed by atoms with van der Waals surface area (Å²) in [4.78, 5) is 0. The zero-order chi connectivity index (χ0) is 18.5. The number of aryl methyl sites for hydroxylation is 2. The van der Waals surface area contributed by atoms with E-state index in [0.717, 1.165) is 0 Å². The normalized spacial score (nSPS) is 12.3. The van der Waals surface area contributed by atoms with Gasteiger partial charge in [-0.1, -0.05) is 84.9 Å². The van der Waals surface area contributed by atoms with Gasteiger partial charge in [0.05, 0.1) is 0 Å². The van der Waals surface area contributed by atoms with Gasteiger partial charge >= 0.3 is 0 Å². The Bertz CT molecular complexity index is 861. The molecule has 0 fully saturated rings. The third-order valence-corrected chi connectivity index (χ3v) is 4.86. The van der Waals surface area contributed by atoms with Crippen LogP contribution in [0.15, 0.2) is 72.8 Å². The van der Waals surface area contributed by atoms with Crippen molar-refractivity contribution in [2.75, 3.05) is 0 Å². The number of hydrogen-bond acceptors (Lipinski definition) is 0. The third kappa shape index (κ3) is 4.21. The van der Waals surface area contributed by atoms with Crippen molar-refractivity contribution in [1.29, 1.82) is 0 Å². The van der Waals surface area contributed by atoms with E-state index in [9.17, 15) is 0 Å². The van der Waals surface area contributed by atoms with Crippen LogP contribution in [-0.4, -0.2) is 0 Å². The van der Waals surface area contributed by atoms with E-state index in [4.69, 9.17) is 0 Å². The molecule has 0 aliphatic heterocycles. The first kappa shape index (κ1) is 17.9. The van der Waals surface area contributed by atoms with Crippen LogP contribution >= 0.6 is 0 Å². The molecule has 0 saturated heterocycles. The quantitative estimate of drug-likeness (QED) is 0.434. The Hall–Kier alpha value is -2.86. The number of hydrogen-bond donors (Lipinski definition) is 0. The fourth-order valence-corrected chi connectivity index (χ4v) is 3.21. The second kappa shape index (κ2) is 8.01. The van der Waals surface area contributed by atoms with E-state index < -0.39 is 0 Å². The summed E-state index contributed by atoms with van der Waals surface area (Å²) in [6, 6.07) is 25.7. The average molecular weight is 338 g/mol. The highest BCUT2D eigenvalue weighted by Crippen LogP contribution is 2.25. The van der Waals surface area contributed by atoms with Crippen LogP contribution in [0, 0.1) is 13.8 Å². The van der Waals surface area contributed by atoms with Crippen LogP contribution < -0.4 is 0 Å². The molecule has 0 N–H and O–H groups in total. The largest absolute Gasteiger partial charge is 0.0622 e. The first-order chi connectivity index (χ1) is 12.5. The summed E-state index contributed by atoms with van der Waals surface area (Å²) in [7, 11) is 0. The first-order valence-electron chi connectivity index (χ1n) is 9.13. The van der Waals surface area contributed by atoms with Crippen LogP contribution in [0.5, 0.6) is 0 Å². The summed E-state index contributed by atoms with van der Waals surface area (Å²) in [5.74, 6) is 0. The molecule has 0 amide bonds. The summed E-state index contributed by atoms with van der Waals surface area (Å²) in [5, 5.41) is 0. The van der Waals surface area contributed by atoms with Crippen LogP contribution in [0.4, 0.5) is 0 Å². The lowest BCUT2D eigenvalue weighted by Crippen LogP contribution is -1.90. The van der Waals surface area contributed by atoms with Gasteiger partial charge in [-0.15, -0.1) is 0 Å². The van der Waals surface area contributed by atoms with Gasteiger partial charge in [-0.2, -0.15) is 0 Å². The molecule has 130 valence electrons. The molecular weight excluding hydrogens is 312 g/mol. The van der Waals surface area contributed by atoms with Gasteiger partial charge in [0.25, 0.3) is 0 Å². The lowest BCUT2D eigenvalue weighted by atomic mass is 9.95. The molecule has 0 saturated carbocycles. The van der Waals surface area contributed by atoms with Gasteiger partial charge in [0, 0.05) is 0 Å². The highest BCUT2D eigenvalue weighted by atomic mass is 14.1. The topological polar surface area (TPSA) is 0 Å². The molecule has 0 aliphatic rings. The summed E-state index contributed by atoms with van der Waals surface area (Å²) in [5.41, 5.74) is 10.3. The first-order valence-corrected chi connectivity index (χ1v) is 9.13. The van der Waals surface area contributed by atoms with Crippen LogP contribution in [0.25, 0.3) is 23.3 Å². The summed E-state index contributed by atoms with van der Waals surface area (Å²) in [6.45, 7) is 8.74. The minimum absolute atomic E-state index is 1.27. The number of allylic oxidation sites excluding steroid dienone is 2. The highest BCUT2D eigenvalue weighted by Gasteiger charge is 2.04. The maximum Gasteiger partial charge on any atom is -0.0221 e. The summed E-state index contributed by atoms with van der Waals surface area (Å²) < 4.78 is 0.